The third-order valence-corrected chi connectivity index (χ3v) is 1.35. The van der Waals surface area contributed by atoms with Crippen LogP contribution in [0, 0.1) is 6.92 Å². The molecule has 0 amide bonds. The monoisotopic (exact) mass is 136 g/mol. The molecule has 1 aromatic rings. The van der Waals surface area contributed by atoms with Gasteiger partial charge in [-0.15, -0.1) is 0 Å². The molecule has 1 aromatic heterocycles. The van der Waals surface area contributed by atoms with E-state index < -0.39 is 0 Å². The van der Waals surface area contributed by atoms with E-state index in [4.69, 9.17) is 0 Å². The molecule has 0 atom stereocenters. The third-order valence-electron chi connectivity index (χ3n) is 1.35. The summed E-state index contributed by atoms with van der Waals surface area (Å²) in [5, 5.41) is 7.83. The molecule has 0 saturated heterocycles. The Kier molecular flexibility index (Phi) is 2.37. The maximum atomic E-state index is 3.98. The van der Waals surface area contributed by atoms with Crippen LogP contribution < -0.4 is 0 Å². The molecule has 2 nitrogen and oxygen atoms in total. The van der Waals surface area contributed by atoms with Crippen LogP contribution in [0.15, 0.2) is 12.3 Å². The summed E-state index contributed by atoms with van der Waals surface area (Å²) in [7, 11) is 0. The van der Waals surface area contributed by atoms with Gasteiger partial charge in [-0.1, -0.05) is 13.3 Å². The summed E-state index contributed by atoms with van der Waals surface area (Å²) >= 11 is 0. The largest absolute Gasteiger partial charge is 0.159 e. The molecule has 0 fully saturated rings. The number of aromatic nitrogens is 2. The Morgan fingerprint density at radius 2 is 2.30 bits per heavy atom. The summed E-state index contributed by atoms with van der Waals surface area (Å²) in [5.74, 6) is 0. The molecule has 0 aliphatic heterocycles. The van der Waals surface area contributed by atoms with Crippen molar-refractivity contribution in [3.8, 4) is 0 Å². The van der Waals surface area contributed by atoms with Crippen molar-refractivity contribution in [2.75, 3.05) is 0 Å². The van der Waals surface area contributed by atoms with Crippen molar-refractivity contribution < 1.29 is 0 Å². The van der Waals surface area contributed by atoms with Gasteiger partial charge in [-0.3, -0.25) is 0 Å². The number of rotatable bonds is 2. The molecule has 0 bridgehead atoms. The van der Waals surface area contributed by atoms with Gasteiger partial charge in [-0.2, -0.15) is 10.2 Å². The van der Waals surface area contributed by atoms with Gasteiger partial charge in [0.15, 0.2) is 0 Å². The molecule has 0 N–H and O–H groups in total. The van der Waals surface area contributed by atoms with Gasteiger partial charge in [0.1, 0.15) is 0 Å². The maximum absolute atomic E-state index is 3.98. The highest BCUT2D eigenvalue weighted by molar-refractivity contribution is 5.10. The first-order chi connectivity index (χ1) is 4.83. The molecule has 0 aliphatic rings. The zero-order chi connectivity index (χ0) is 7.40. The number of nitrogens with zero attached hydrogens (tertiary/aromatic N) is 2. The Balaban J connectivity index is 2.75. The number of hydrogen-bond acceptors (Lipinski definition) is 2. The van der Waals surface area contributed by atoms with E-state index in [9.17, 15) is 0 Å². The molecule has 54 valence electrons. The van der Waals surface area contributed by atoms with Gasteiger partial charge in [-0.05, 0) is 25.0 Å². The first kappa shape index (κ1) is 7.19. The van der Waals surface area contributed by atoms with Crippen molar-refractivity contribution in [2.24, 2.45) is 0 Å². The van der Waals surface area contributed by atoms with Gasteiger partial charge in [0.05, 0.1) is 11.9 Å². The fraction of sp³-hybridized carbons (Fsp3) is 0.500. The second kappa shape index (κ2) is 3.30. The predicted molar refractivity (Wildman–Crippen MR) is 40.8 cm³/mol. The third kappa shape index (κ3) is 1.79. The Morgan fingerprint density at radius 1 is 1.50 bits per heavy atom. The summed E-state index contributed by atoms with van der Waals surface area (Å²) < 4.78 is 0. The molecule has 0 aromatic carbocycles. The quantitative estimate of drug-likeness (QED) is 0.618. The van der Waals surface area contributed by atoms with E-state index in [1.165, 1.54) is 5.56 Å². The van der Waals surface area contributed by atoms with Crippen molar-refractivity contribution in [3.05, 3.63) is 23.5 Å². The zero-order valence-corrected chi connectivity index (χ0v) is 6.46. The van der Waals surface area contributed by atoms with Gasteiger partial charge in [-0.25, -0.2) is 0 Å². The molecule has 0 unspecified atom stereocenters. The number of hydrogen-bond donors (Lipinski definition) is 0. The molecule has 0 radical (unpaired) electrons. The van der Waals surface area contributed by atoms with Crippen LogP contribution in [0.4, 0.5) is 0 Å². The molecule has 10 heavy (non-hydrogen) atoms. The second-order valence-electron chi connectivity index (χ2n) is 2.47. The van der Waals surface area contributed by atoms with Gasteiger partial charge >= 0.3 is 0 Å². The molecule has 0 aliphatic carbocycles. The first-order valence-corrected chi connectivity index (χ1v) is 3.61. The van der Waals surface area contributed by atoms with E-state index in [-0.39, 0.29) is 0 Å². The van der Waals surface area contributed by atoms with Gasteiger partial charge in [0.25, 0.3) is 0 Å². The van der Waals surface area contributed by atoms with Crippen LogP contribution in [0.2, 0.25) is 0 Å². The highest BCUT2D eigenvalue weighted by Gasteiger charge is 1.91. The minimum absolute atomic E-state index is 1.04. The highest BCUT2D eigenvalue weighted by Crippen LogP contribution is 1.99. The van der Waals surface area contributed by atoms with Crippen LogP contribution in [-0.4, -0.2) is 10.2 Å². The standard InChI is InChI=1S/C8H12N2/c1-3-4-8-5-7(2)6-9-10-8/h5-6H,3-4H2,1-2H3. The summed E-state index contributed by atoms with van der Waals surface area (Å²) in [5.41, 5.74) is 2.29. The zero-order valence-electron chi connectivity index (χ0n) is 6.46. The van der Waals surface area contributed by atoms with Crippen molar-refractivity contribution in [1.82, 2.24) is 10.2 Å². The first-order valence-electron chi connectivity index (χ1n) is 3.61. The van der Waals surface area contributed by atoms with Crippen LogP contribution in [-0.2, 0) is 6.42 Å². The van der Waals surface area contributed by atoms with Gasteiger partial charge < -0.3 is 0 Å². The summed E-state index contributed by atoms with van der Waals surface area (Å²) in [6, 6.07) is 2.08. The SMILES string of the molecule is CCCc1cc(C)cnn1. The normalized spacial score (nSPS) is 9.80. The summed E-state index contributed by atoms with van der Waals surface area (Å²) in [4.78, 5) is 0. The minimum atomic E-state index is 1.04. The Labute approximate surface area is 61.3 Å². The molecule has 1 heterocycles. The fourth-order valence-corrected chi connectivity index (χ4v) is 0.901. The molecule has 1 rings (SSSR count). The fourth-order valence-electron chi connectivity index (χ4n) is 0.901. The molecule has 0 saturated carbocycles. The van der Waals surface area contributed by atoms with Gasteiger partial charge in [0.2, 0.25) is 0 Å². The molecular weight excluding hydrogens is 124 g/mol. The molecular formula is C8H12N2. The number of aryl methyl sites for hydroxylation is 2. The Morgan fingerprint density at radius 3 is 2.90 bits per heavy atom. The minimum Gasteiger partial charge on any atom is -0.159 e. The van der Waals surface area contributed by atoms with Crippen LogP contribution in [0.3, 0.4) is 0 Å². The lowest BCUT2D eigenvalue weighted by Gasteiger charge is -1.95. The lowest BCUT2D eigenvalue weighted by molar-refractivity contribution is 0.833. The van der Waals surface area contributed by atoms with Crippen molar-refractivity contribution >= 4 is 0 Å². The van der Waals surface area contributed by atoms with Crippen molar-refractivity contribution in [2.45, 2.75) is 26.7 Å². The average molecular weight is 136 g/mol. The maximum Gasteiger partial charge on any atom is 0.0633 e. The van der Waals surface area contributed by atoms with E-state index in [2.05, 4.69) is 23.2 Å². The van der Waals surface area contributed by atoms with Gasteiger partial charge in [0, 0.05) is 0 Å². The van der Waals surface area contributed by atoms with Crippen LogP contribution >= 0.6 is 0 Å². The van der Waals surface area contributed by atoms with Crippen molar-refractivity contribution in [3.63, 3.8) is 0 Å². The van der Waals surface area contributed by atoms with Crippen LogP contribution in [0.25, 0.3) is 0 Å². The molecule has 2 heteroatoms. The van der Waals surface area contributed by atoms with Crippen LogP contribution in [0.1, 0.15) is 24.6 Å². The van der Waals surface area contributed by atoms with E-state index >= 15 is 0 Å². The lowest BCUT2D eigenvalue weighted by atomic mass is 10.2. The molecule has 0 spiro atoms. The summed E-state index contributed by atoms with van der Waals surface area (Å²) in [6.07, 6.45) is 3.95. The van der Waals surface area contributed by atoms with E-state index in [0.717, 1.165) is 18.5 Å². The van der Waals surface area contributed by atoms with Crippen LogP contribution in [0.5, 0.6) is 0 Å². The van der Waals surface area contributed by atoms with E-state index in [0.29, 0.717) is 0 Å². The highest BCUT2D eigenvalue weighted by atomic mass is 15.1. The smallest absolute Gasteiger partial charge is 0.0633 e. The van der Waals surface area contributed by atoms with E-state index in [1.54, 1.807) is 6.20 Å². The van der Waals surface area contributed by atoms with E-state index in [1.807, 2.05) is 6.92 Å². The predicted octanol–water partition coefficient (Wildman–Crippen LogP) is 1.74. The lowest BCUT2D eigenvalue weighted by Crippen LogP contribution is -1.91. The van der Waals surface area contributed by atoms with Crippen molar-refractivity contribution in [1.29, 1.82) is 0 Å². The Bertz CT molecular complexity index is 208. The Hall–Kier alpha value is -0.920. The topological polar surface area (TPSA) is 25.8 Å². The average Bonchev–Trinajstić information content (AvgIpc) is 1.88. The summed E-state index contributed by atoms with van der Waals surface area (Å²) in [6.45, 7) is 4.18. The second-order valence-corrected chi connectivity index (χ2v) is 2.47.